The molecule has 5 nitrogen and oxygen atoms in total. The van der Waals surface area contributed by atoms with E-state index in [0.717, 1.165) is 0 Å². The molecular formula is C12H14Cl2N2O3. The fraction of sp³-hybridized carbons (Fsp3) is 0.333. The fourth-order valence-corrected chi connectivity index (χ4v) is 1.89. The lowest BCUT2D eigenvalue weighted by Gasteiger charge is -2.20. The van der Waals surface area contributed by atoms with Gasteiger partial charge in [0.1, 0.15) is 0 Å². The molecule has 1 rings (SSSR count). The molecular weight excluding hydrogens is 291 g/mol. The lowest BCUT2D eigenvalue weighted by atomic mass is 10.1. The summed E-state index contributed by atoms with van der Waals surface area (Å²) in [6.45, 7) is 0. The van der Waals surface area contributed by atoms with Gasteiger partial charge in [0.2, 0.25) is 0 Å². The zero-order valence-electron chi connectivity index (χ0n) is 10.7. The molecule has 0 fully saturated rings. The Morgan fingerprint density at radius 3 is 2.42 bits per heavy atom. The fourth-order valence-electron chi connectivity index (χ4n) is 1.37. The summed E-state index contributed by atoms with van der Waals surface area (Å²) in [6.07, 6.45) is 0. The highest BCUT2D eigenvalue weighted by atomic mass is 35.5. The van der Waals surface area contributed by atoms with Crippen LogP contribution >= 0.6 is 23.2 Å². The summed E-state index contributed by atoms with van der Waals surface area (Å²) in [5, 5.41) is 3.25. The number of benzene rings is 1. The van der Waals surface area contributed by atoms with E-state index >= 15 is 0 Å². The molecule has 0 spiro atoms. The van der Waals surface area contributed by atoms with Gasteiger partial charge >= 0.3 is 12.0 Å². The number of methoxy groups -OCH3 is 1. The number of amides is 2. The molecule has 1 aromatic rings. The molecule has 0 radical (unpaired) electrons. The minimum Gasteiger partial charge on any atom is -0.467 e. The molecule has 2 amide bonds. The Hall–Kier alpha value is -1.46. The van der Waals surface area contributed by atoms with Gasteiger partial charge in [-0.2, -0.15) is 0 Å². The Kier molecular flexibility index (Phi) is 5.44. The van der Waals surface area contributed by atoms with E-state index in [1.165, 1.54) is 18.1 Å². The first-order valence-corrected chi connectivity index (χ1v) is 6.13. The van der Waals surface area contributed by atoms with Gasteiger partial charge < -0.3 is 15.0 Å². The monoisotopic (exact) mass is 304 g/mol. The van der Waals surface area contributed by atoms with Crippen molar-refractivity contribution < 1.29 is 14.3 Å². The summed E-state index contributed by atoms with van der Waals surface area (Å²) in [5.74, 6) is -0.612. The zero-order valence-corrected chi connectivity index (χ0v) is 12.2. The number of urea groups is 1. The number of carbonyl (C=O) groups is 2. The molecule has 19 heavy (non-hydrogen) atoms. The number of hydrogen-bond acceptors (Lipinski definition) is 3. The van der Waals surface area contributed by atoms with Crippen LogP contribution in [-0.2, 0) is 9.53 Å². The van der Waals surface area contributed by atoms with Crippen molar-refractivity contribution in [1.29, 1.82) is 0 Å². The number of ether oxygens (including phenoxy) is 1. The Bertz CT molecular complexity index is 492. The van der Waals surface area contributed by atoms with E-state index in [-0.39, 0.29) is 5.02 Å². The van der Waals surface area contributed by atoms with Gasteiger partial charge in [0, 0.05) is 29.7 Å². The molecule has 0 aliphatic carbocycles. The number of halogens is 2. The van der Waals surface area contributed by atoms with E-state index in [2.05, 4.69) is 10.1 Å². The van der Waals surface area contributed by atoms with Gasteiger partial charge in [0.25, 0.3) is 0 Å². The van der Waals surface area contributed by atoms with E-state index in [9.17, 15) is 9.59 Å². The van der Waals surface area contributed by atoms with Gasteiger partial charge in [-0.25, -0.2) is 9.59 Å². The third-order valence-corrected chi connectivity index (χ3v) is 2.95. The standard InChI is InChI=1S/C12H14Cl2N2O3/c1-16(2)12(18)15-10(11(17)19-3)8-5-4-7(13)6-9(8)14/h4-6,10H,1-3H3,(H,15,18)/t10-/m0/s1. The molecule has 0 heterocycles. The van der Waals surface area contributed by atoms with Crippen LogP contribution in [0.15, 0.2) is 18.2 Å². The minimum atomic E-state index is -0.982. The summed E-state index contributed by atoms with van der Waals surface area (Å²) in [5.41, 5.74) is 0.424. The van der Waals surface area contributed by atoms with Crippen LogP contribution in [0.1, 0.15) is 11.6 Å². The van der Waals surface area contributed by atoms with Crippen LogP contribution in [0.25, 0.3) is 0 Å². The third-order valence-electron chi connectivity index (χ3n) is 2.38. The van der Waals surface area contributed by atoms with Crippen molar-refractivity contribution in [2.24, 2.45) is 0 Å². The highest BCUT2D eigenvalue weighted by molar-refractivity contribution is 6.35. The van der Waals surface area contributed by atoms with Crippen LogP contribution in [0.5, 0.6) is 0 Å². The zero-order chi connectivity index (χ0) is 14.6. The average molecular weight is 305 g/mol. The van der Waals surface area contributed by atoms with Crippen molar-refractivity contribution >= 4 is 35.2 Å². The first-order chi connectivity index (χ1) is 8.86. The molecule has 1 aromatic carbocycles. The van der Waals surface area contributed by atoms with Gasteiger partial charge in [0.05, 0.1) is 7.11 Å². The Morgan fingerprint density at radius 2 is 1.95 bits per heavy atom. The van der Waals surface area contributed by atoms with Crippen molar-refractivity contribution in [3.05, 3.63) is 33.8 Å². The molecule has 1 atom stereocenters. The lowest BCUT2D eigenvalue weighted by Crippen LogP contribution is -2.40. The second-order valence-corrected chi connectivity index (χ2v) is 4.81. The molecule has 0 saturated carbocycles. The number of carbonyl (C=O) groups excluding carboxylic acids is 2. The van der Waals surface area contributed by atoms with E-state index < -0.39 is 18.0 Å². The summed E-state index contributed by atoms with van der Waals surface area (Å²) < 4.78 is 4.67. The largest absolute Gasteiger partial charge is 0.467 e. The van der Waals surface area contributed by atoms with Crippen molar-refractivity contribution in [3.63, 3.8) is 0 Å². The SMILES string of the molecule is COC(=O)[C@@H](NC(=O)N(C)C)c1ccc(Cl)cc1Cl. The predicted molar refractivity (Wildman–Crippen MR) is 73.4 cm³/mol. The van der Waals surface area contributed by atoms with Gasteiger partial charge in [-0.1, -0.05) is 29.3 Å². The topological polar surface area (TPSA) is 58.6 Å². The van der Waals surface area contributed by atoms with Gasteiger partial charge in [-0.05, 0) is 12.1 Å². The summed E-state index contributed by atoms with van der Waals surface area (Å²) in [6, 6.07) is 3.24. The number of hydrogen-bond donors (Lipinski definition) is 1. The van der Waals surface area contributed by atoms with Crippen molar-refractivity contribution in [2.45, 2.75) is 6.04 Å². The number of esters is 1. The molecule has 0 bridgehead atoms. The molecule has 1 N–H and O–H groups in total. The summed E-state index contributed by atoms with van der Waals surface area (Å²) in [7, 11) is 4.36. The molecule has 0 unspecified atom stereocenters. The van der Waals surface area contributed by atoms with E-state index in [0.29, 0.717) is 10.6 Å². The molecule has 7 heteroatoms. The van der Waals surface area contributed by atoms with Crippen LogP contribution in [0.3, 0.4) is 0 Å². The highest BCUT2D eigenvalue weighted by Crippen LogP contribution is 2.27. The van der Waals surface area contributed by atoms with E-state index in [1.807, 2.05) is 0 Å². The van der Waals surface area contributed by atoms with Crippen molar-refractivity contribution in [3.8, 4) is 0 Å². The summed E-state index contributed by atoms with van der Waals surface area (Å²) >= 11 is 11.8. The smallest absolute Gasteiger partial charge is 0.333 e. The maximum absolute atomic E-state index is 11.8. The summed E-state index contributed by atoms with van der Waals surface area (Å²) in [4.78, 5) is 24.7. The number of nitrogens with zero attached hydrogens (tertiary/aromatic N) is 1. The number of nitrogens with one attached hydrogen (secondary N) is 1. The predicted octanol–water partition coefficient (Wildman–Crippen LogP) is 2.48. The maximum atomic E-state index is 11.8. The van der Waals surface area contributed by atoms with Crippen LogP contribution in [0.4, 0.5) is 4.79 Å². The van der Waals surface area contributed by atoms with E-state index in [4.69, 9.17) is 23.2 Å². The third kappa shape index (κ3) is 4.01. The van der Waals surface area contributed by atoms with Gasteiger partial charge in [-0.3, -0.25) is 0 Å². The van der Waals surface area contributed by atoms with Crippen LogP contribution in [-0.4, -0.2) is 38.1 Å². The van der Waals surface area contributed by atoms with E-state index in [1.54, 1.807) is 26.2 Å². The molecule has 0 saturated heterocycles. The molecule has 0 aliphatic rings. The Balaban J connectivity index is 3.10. The van der Waals surface area contributed by atoms with Crippen LogP contribution in [0.2, 0.25) is 10.0 Å². The van der Waals surface area contributed by atoms with Crippen LogP contribution < -0.4 is 5.32 Å². The van der Waals surface area contributed by atoms with Crippen molar-refractivity contribution in [1.82, 2.24) is 10.2 Å². The Morgan fingerprint density at radius 1 is 1.32 bits per heavy atom. The maximum Gasteiger partial charge on any atom is 0.333 e. The van der Waals surface area contributed by atoms with Gasteiger partial charge in [0.15, 0.2) is 6.04 Å². The van der Waals surface area contributed by atoms with Crippen LogP contribution in [0, 0.1) is 0 Å². The lowest BCUT2D eigenvalue weighted by molar-refractivity contribution is -0.143. The minimum absolute atomic E-state index is 0.280. The average Bonchev–Trinajstić information content (AvgIpc) is 2.35. The van der Waals surface area contributed by atoms with Crippen molar-refractivity contribution in [2.75, 3.05) is 21.2 Å². The highest BCUT2D eigenvalue weighted by Gasteiger charge is 2.26. The first kappa shape index (κ1) is 15.6. The quantitative estimate of drug-likeness (QED) is 0.873. The first-order valence-electron chi connectivity index (χ1n) is 5.37. The molecule has 0 aliphatic heterocycles. The number of rotatable bonds is 3. The van der Waals surface area contributed by atoms with Gasteiger partial charge in [-0.15, -0.1) is 0 Å². The normalized spacial score (nSPS) is 11.6. The second kappa shape index (κ2) is 6.63. The second-order valence-electron chi connectivity index (χ2n) is 3.97. The molecule has 104 valence electrons. The Labute approximate surface area is 121 Å². The molecule has 0 aromatic heterocycles.